The monoisotopic (exact) mass is 563 g/mol. The average molecular weight is 564 g/mol. The normalized spacial score (nSPS) is 24.9. The number of carbonyl (C=O) groups excluding carboxylic acids is 1. The van der Waals surface area contributed by atoms with Crippen LogP contribution in [0.4, 0.5) is 18.0 Å². The van der Waals surface area contributed by atoms with Crippen LogP contribution in [0.1, 0.15) is 80.4 Å². The van der Waals surface area contributed by atoms with Crippen molar-refractivity contribution >= 4 is 15.9 Å². The lowest BCUT2D eigenvalue weighted by Crippen LogP contribution is -2.69. The number of aromatic nitrogens is 3. The number of aromatic amines is 1. The molecule has 7 rings (SSSR count). The maximum Gasteiger partial charge on any atom is 0.416 e. The number of likely N-dealkylation sites (tertiary alicyclic amines) is 2. The van der Waals surface area contributed by atoms with Crippen LogP contribution in [0.5, 0.6) is 0 Å². The van der Waals surface area contributed by atoms with E-state index in [9.17, 15) is 26.4 Å². The van der Waals surface area contributed by atoms with Gasteiger partial charge in [-0.15, -0.1) is 0 Å². The smallest absolute Gasteiger partial charge is 0.323 e. The molecule has 5 aliphatic rings. The molecule has 0 bridgehead atoms. The van der Waals surface area contributed by atoms with Crippen LogP contribution in [-0.4, -0.2) is 70.9 Å². The van der Waals surface area contributed by atoms with Crippen LogP contribution < -0.4 is 0 Å². The summed E-state index contributed by atoms with van der Waals surface area (Å²) in [5.74, 6) is 2.89. The molecule has 3 heterocycles. The zero-order chi connectivity index (χ0) is 27.2. The van der Waals surface area contributed by atoms with Crippen molar-refractivity contribution in [2.75, 3.05) is 26.2 Å². The van der Waals surface area contributed by atoms with Crippen molar-refractivity contribution in [2.24, 2.45) is 10.8 Å². The van der Waals surface area contributed by atoms with Gasteiger partial charge < -0.3 is 9.80 Å². The Hall–Kier alpha value is -2.63. The molecule has 1 aromatic carbocycles. The second-order valence-corrected chi connectivity index (χ2v) is 14.9. The third-order valence-corrected chi connectivity index (χ3v) is 12.1. The van der Waals surface area contributed by atoms with Crippen molar-refractivity contribution in [1.82, 2.24) is 25.0 Å². The van der Waals surface area contributed by atoms with E-state index in [0.29, 0.717) is 50.6 Å². The fraction of sp³-hybridized carbons (Fsp3) is 0.667. The number of rotatable bonds is 4. The van der Waals surface area contributed by atoms with Crippen molar-refractivity contribution in [3.05, 3.63) is 41.5 Å². The Kier molecular flexibility index (Phi) is 5.48. The van der Waals surface area contributed by atoms with E-state index in [0.717, 1.165) is 61.8 Å². The Morgan fingerprint density at radius 1 is 0.897 bits per heavy atom. The first-order chi connectivity index (χ1) is 18.5. The summed E-state index contributed by atoms with van der Waals surface area (Å²) in [6, 6.07) is 3.85. The lowest BCUT2D eigenvalue weighted by Gasteiger charge is -2.61. The van der Waals surface area contributed by atoms with Gasteiger partial charge in [-0.1, -0.05) is 0 Å². The molecule has 2 spiro atoms. The maximum atomic E-state index is 13.1. The van der Waals surface area contributed by atoms with Crippen LogP contribution in [-0.2, 0) is 16.0 Å². The molecule has 2 aliphatic heterocycles. The third kappa shape index (κ3) is 4.33. The van der Waals surface area contributed by atoms with Crippen molar-refractivity contribution in [3.63, 3.8) is 0 Å². The van der Waals surface area contributed by atoms with E-state index in [-0.39, 0.29) is 21.8 Å². The van der Waals surface area contributed by atoms with Gasteiger partial charge in [0, 0.05) is 48.8 Å². The van der Waals surface area contributed by atoms with Gasteiger partial charge in [-0.3, -0.25) is 5.10 Å². The summed E-state index contributed by atoms with van der Waals surface area (Å²) >= 11 is 0. The fourth-order valence-electron chi connectivity index (χ4n) is 7.29. The standard InChI is InChI=1S/C27H32F3N5O3S/c28-27(29,30)19-3-5-20(6-4-19)39(37,38)21-7-9-25(10-8-21)13-34(14-25)24(36)35-15-26(16-35)11-18(12-26)23-31-22(32-33-23)17-1-2-17/h3-6,17-18,21H,1-2,7-16H2,(H,31,32,33). The van der Waals surface area contributed by atoms with E-state index in [1.807, 2.05) is 9.80 Å². The zero-order valence-corrected chi connectivity index (χ0v) is 22.4. The van der Waals surface area contributed by atoms with Gasteiger partial charge in [-0.2, -0.15) is 18.3 Å². The number of hydrogen-bond donors (Lipinski definition) is 1. The van der Waals surface area contributed by atoms with Gasteiger partial charge >= 0.3 is 12.2 Å². The van der Waals surface area contributed by atoms with Crippen molar-refractivity contribution in [3.8, 4) is 0 Å². The molecule has 2 amide bonds. The van der Waals surface area contributed by atoms with Crippen LogP contribution >= 0.6 is 0 Å². The Balaban J connectivity index is 0.875. The highest BCUT2D eigenvalue weighted by Gasteiger charge is 2.57. The molecule has 39 heavy (non-hydrogen) atoms. The molecule has 0 atom stereocenters. The van der Waals surface area contributed by atoms with E-state index < -0.39 is 26.8 Å². The number of nitrogens with one attached hydrogen (secondary N) is 1. The molecule has 3 saturated carbocycles. The molecular formula is C27H32F3N5O3S. The number of urea groups is 1. The SMILES string of the molecule is O=C(N1CC2(CCC(S(=O)(=O)c3ccc(C(F)(F)F)cc3)CC2)C1)N1CC2(CC(c3n[nH]c(C4CC4)n3)C2)C1. The highest BCUT2D eigenvalue weighted by Crippen LogP contribution is 2.56. The summed E-state index contributed by atoms with van der Waals surface area (Å²) in [4.78, 5) is 21.5. The summed E-state index contributed by atoms with van der Waals surface area (Å²) < 4.78 is 64.6. The number of benzene rings is 1. The number of nitrogens with zero attached hydrogens (tertiary/aromatic N) is 4. The van der Waals surface area contributed by atoms with Crippen molar-refractivity contribution in [1.29, 1.82) is 0 Å². The van der Waals surface area contributed by atoms with E-state index in [2.05, 4.69) is 15.2 Å². The number of halogens is 3. The molecule has 1 aromatic heterocycles. The summed E-state index contributed by atoms with van der Waals surface area (Å²) in [6.07, 6.45) is 2.27. The maximum absolute atomic E-state index is 13.1. The van der Waals surface area contributed by atoms with E-state index in [1.165, 1.54) is 12.8 Å². The minimum atomic E-state index is -4.50. The fourth-order valence-corrected chi connectivity index (χ4v) is 9.05. The lowest BCUT2D eigenvalue weighted by molar-refractivity contribution is -0.137. The van der Waals surface area contributed by atoms with Crippen LogP contribution in [0.3, 0.4) is 0 Å². The van der Waals surface area contributed by atoms with Crippen LogP contribution in [0.25, 0.3) is 0 Å². The van der Waals surface area contributed by atoms with Gasteiger partial charge in [-0.05, 0) is 75.6 Å². The van der Waals surface area contributed by atoms with Crippen molar-refractivity contribution < 1.29 is 26.4 Å². The number of carbonyl (C=O) groups is 1. The number of amides is 2. The third-order valence-electron chi connectivity index (χ3n) is 9.80. The molecule has 12 heteroatoms. The van der Waals surface area contributed by atoms with Crippen LogP contribution in [0.15, 0.2) is 29.2 Å². The molecule has 210 valence electrons. The van der Waals surface area contributed by atoms with E-state index >= 15 is 0 Å². The quantitative estimate of drug-likeness (QED) is 0.581. The second-order valence-electron chi connectivity index (χ2n) is 12.7. The number of alkyl halides is 3. The number of H-pyrrole nitrogens is 1. The summed E-state index contributed by atoms with van der Waals surface area (Å²) in [5.41, 5.74) is -0.698. The first-order valence-corrected chi connectivity index (χ1v) is 15.4. The Labute approximate surface area is 225 Å². The molecule has 2 aromatic rings. The Morgan fingerprint density at radius 2 is 1.49 bits per heavy atom. The summed E-state index contributed by atoms with van der Waals surface area (Å²) in [5, 5.41) is 6.91. The van der Waals surface area contributed by atoms with E-state index in [1.54, 1.807) is 0 Å². The molecule has 0 radical (unpaired) electrons. The van der Waals surface area contributed by atoms with Crippen molar-refractivity contribution in [2.45, 2.75) is 79.5 Å². The van der Waals surface area contributed by atoms with E-state index in [4.69, 9.17) is 0 Å². The zero-order valence-electron chi connectivity index (χ0n) is 21.6. The predicted molar refractivity (Wildman–Crippen MR) is 135 cm³/mol. The highest BCUT2D eigenvalue weighted by molar-refractivity contribution is 7.92. The average Bonchev–Trinajstić information content (AvgIpc) is 3.57. The van der Waals surface area contributed by atoms with Crippen LogP contribution in [0, 0.1) is 10.8 Å². The molecule has 3 aliphatic carbocycles. The van der Waals surface area contributed by atoms with Crippen LogP contribution in [0.2, 0.25) is 0 Å². The summed E-state index contributed by atoms with van der Waals surface area (Å²) in [6.45, 7) is 2.84. The van der Waals surface area contributed by atoms with Gasteiger partial charge in [0.1, 0.15) is 5.82 Å². The molecule has 5 fully saturated rings. The molecular weight excluding hydrogens is 531 g/mol. The number of sulfone groups is 1. The second kappa shape index (κ2) is 8.44. The molecule has 0 unspecified atom stereocenters. The molecule has 1 N–H and O–H groups in total. The number of hydrogen-bond acceptors (Lipinski definition) is 5. The Bertz CT molecular complexity index is 1370. The van der Waals surface area contributed by atoms with Gasteiger partial charge in [0.15, 0.2) is 15.7 Å². The topological polar surface area (TPSA) is 99.3 Å². The molecule has 2 saturated heterocycles. The summed E-state index contributed by atoms with van der Waals surface area (Å²) in [7, 11) is -3.70. The molecule has 8 nitrogen and oxygen atoms in total. The largest absolute Gasteiger partial charge is 0.416 e. The predicted octanol–water partition coefficient (Wildman–Crippen LogP) is 4.72. The Morgan fingerprint density at radius 3 is 2.05 bits per heavy atom. The van der Waals surface area contributed by atoms with Gasteiger partial charge in [0.05, 0.1) is 15.7 Å². The van der Waals surface area contributed by atoms with Gasteiger partial charge in [-0.25, -0.2) is 18.2 Å². The van der Waals surface area contributed by atoms with Gasteiger partial charge in [0.25, 0.3) is 0 Å². The van der Waals surface area contributed by atoms with Gasteiger partial charge in [0.2, 0.25) is 0 Å². The first-order valence-electron chi connectivity index (χ1n) is 13.8. The highest BCUT2D eigenvalue weighted by atomic mass is 32.2. The lowest BCUT2D eigenvalue weighted by atomic mass is 9.57. The minimum absolute atomic E-state index is 0.0448. The minimum Gasteiger partial charge on any atom is -0.323 e. The first kappa shape index (κ1) is 25.3.